The maximum absolute atomic E-state index is 2.56. The topological polar surface area (TPSA) is 3.24 Å². The summed E-state index contributed by atoms with van der Waals surface area (Å²) in [5, 5.41) is 0. The van der Waals surface area contributed by atoms with Gasteiger partial charge in [0, 0.05) is 13.1 Å². The van der Waals surface area contributed by atoms with Crippen molar-refractivity contribution in [1.82, 2.24) is 4.90 Å². The molecule has 0 spiro atoms. The Bertz CT molecular complexity index is 446. The van der Waals surface area contributed by atoms with E-state index >= 15 is 0 Å². The molecule has 3 rings (SSSR count). The second kappa shape index (κ2) is 7.25. The van der Waals surface area contributed by atoms with Gasteiger partial charge >= 0.3 is 0 Å². The van der Waals surface area contributed by atoms with Gasteiger partial charge in [-0.25, -0.2) is 0 Å². The third-order valence-electron chi connectivity index (χ3n) is 3.69. The van der Waals surface area contributed by atoms with Gasteiger partial charge in [-0.3, -0.25) is 4.90 Å². The van der Waals surface area contributed by atoms with E-state index in [4.69, 9.17) is 0 Å². The predicted molar refractivity (Wildman–Crippen MR) is 86.8 cm³/mol. The molecule has 2 aromatic rings. The maximum atomic E-state index is 2.56. The Hall–Kier alpha value is -1.60. The van der Waals surface area contributed by atoms with Gasteiger partial charge < -0.3 is 0 Å². The van der Waals surface area contributed by atoms with Gasteiger partial charge in [-0.2, -0.15) is 0 Å². The Morgan fingerprint density at radius 1 is 0.800 bits per heavy atom. The van der Waals surface area contributed by atoms with Crippen LogP contribution < -0.4 is 0 Å². The van der Waals surface area contributed by atoms with E-state index in [-0.39, 0.29) is 0 Å². The van der Waals surface area contributed by atoms with Gasteiger partial charge in [0.05, 0.1) is 6.04 Å². The van der Waals surface area contributed by atoms with E-state index in [1.807, 2.05) is 13.8 Å². The fraction of sp³-hybridized carbons (Fsp3) is 0.368. The van der Waals surface area contributed by atoms with Crippen LogP contribution in [0.1, 0.15) is 37.9 Å². The van der Waals surface area contributed by atoms with Crippen LogP contribution in [0.3, 0.4) is 0 Å². The first kappa shape index (κ1) is 14.8. The zero-order valence-electron chi connectivity index (χ0n) is 12.8. The lowest BCUT2D eigenvalue weighted by atomic mass is 9.91. The van der Waals surface area contributed by atoms with Crippen LogP contribution in [0, 0.1) is 5.92 Å². The first-order valence-electron chi connectivity index (χ1n) is 7.68. The highest BCUT2D eigenvalue weighted by atomic mass is 15.2. The summed E-state index contributed by atoms with van der Waals surface area (Å²) in [6, 6.07) is 22.1. The van der Waals surface area contributed by atoms with Crippen molar-refractivity contribution in [2.45, 2.75) is 26.8 Å². The van der Waals surface area contributed by atoms with E-state index in [1.165, 1.54) is 24.2 Å². The second-order valence-corrected chi connectivity index (χ2v) is 5.28. The highest BCUT2D eigenvalue weighted by molar-refractivity contribution is 5.32. The van der Waals surface area contributed by atoms with Gasteiger partial charge in [-0.1, -0.05) is 81.4 Å². The highest BCUT2D eigenvalue weighted by Crippen LogP contribution is 2.33. The number of likely N-dealkylation sites (tertiary alicyclic amines) is 1. The van der Waals surface area contributed by atoms with E-state index in [0.717, 1.165) is 5.92 Å². The molecule has 0 radical (unpaired) electrons. The molecule has 1 saturated heterocycles. The van der Waals surface area contributed by atoms with Crippen LogP contribution in [-0.4, -0.2) is 18.0 Å². The van der Waals surface area contributed by atoms with Gasteiger partial charge in [0.15, 0.2) is 0 Å². The van der Waals surface area contributed by atoms with Crippen molar-refractivity contribution in [3.63, 3.8) is 0 Å². The molecule has 106 valence electrons. The fourth-order valence-corrected chi connectivity index (χ4v) is 2.84. The van der Waals surface area contributed by atoms with Gasteiger partial charge in [0.2, 0.25) is 0 Å². The fourth-order valence-electron chi connectivity index (χ4n) is 2.84. The standard InChI is InChI=1S/C17H19N.C2H6/c1-14-12-18(13-14)17(15-8-4-2-5-9-15)16-10-6-3-7-11-16;1-2/h2-11,14,17H,12-13H2,1H3;1-2H3. The van der Waals surface area contributed by atoms with Crippen LogP contribution in [0.2, 0.25) is 0 Å². The summed E-state index contributed by atoms with van der Waals surface area (Å²) in [7, 11) is 0. The Labute approximate surface area is 123 Å². The molecule has 0 amide bonds. The van der Waals surface area contributed by atoms with Crippen LogP contribution in [0.15, 0.2) is 60.7 Å². The Kier molecular flexibility index (Phi) is 5.37. The molecule has 0 saturated carbocycles. The smallest absolute Gasteiger partial charge is 0.0602 e. The largest absolute Gasteiger partial charge is 0.292 e. The number of hydrogen-bond donors (Lipinski definition) is 0. The van der Waals surface area contributed by atoms with Crippen LogP contribution in [0.25, 0.3) is 0 Å². The summed E-state index contributed by atoms with van der Waals surface area (Å²) in [5.74, 6) is 0.833. The molecule has 1 aliphatic heterocycles. The van der Waals surface area contributed by atoms with Gasteiger partial charge in [-0.15, -0.1) is 0 Å². The monoisotopic (exact) mass is 267 g/mol. The molecule has 1 aliphatic rings. The van der Waals surface area contributed by atoms with Crippen molar-refractivity contribution in [1.29, 1.82) is 0 Å². The molecule has 0 atom stereocenters. The van der Waals surface area contributed by atoms with Crippen molar-refractivity contribution in [2.24, 2.45) is 5.92 Å². The zero-order valence-corrected chi connectivity index (χ0v) is 12.8. The average molecular weight is 267 g/mol. The molecule has 20 heavy (non-hydrogen) atoms. The van der Waals surface area contributed by atoms with Crippen molar-refractivity contribution in [3.8, 4) is 0 Å². The van der Waals surface area contributed by atoms with Crippen molar-refractivity contribution >= 4 is 0 Å². The van der Waals surface area contributed by atoms with Crippen LogP contribution >= 0.6 is 0 Å². The minimum atomic E-state index is 0.420. The maximum Gasteiger partial charge on any atom is 0.0602 e. The van der Waals surface area contributed by atoms with Crippen molar-refractivity contribution < 1.29 is 0 Å². The Morgan fingerprint density at radius 3 is 1.55 bits per heavy atom. The molecule has 0 aromatic heterocycles. The SMILES string of the molecule is CC.CC1CN(C(c2ccccc2)c2ccccc2)C1. The lowest BCUT2D eigenvalue weighted by molar-refractivity contribution is 0.0796. The third kappa shape index (κ3) is 3.29. The number of hydrogen-bond acceptors (Lipinski definition) is 1. The molecule has 0 unspecified atom stereocenters. The highest BCUT2D eigenvalue weighted by Gasteiger charge is 2.31. The zero-order chi connectivity index (χ0) is 14.4. The molecule has 2 aromatic carbocycles. The normalized spacial score (nSPS) is 15.4. The lowest BCUT2D eigenvalue weighted by Gasteiger charge is -2.43. The molecule has 0 N–H and O–H groups in total. The third-order valence-corrected chi connectivity index (χ3v) is 3.69. The van der Waals surface area contributed by atoms with Crippen LogP contribution in [-0.2, 0) is 0 Å². The van der Waals surface area contributed by atoms with E-state index in [9.17, 15) is 0 Å². The first-order valence-corrected chi connectivity index (χ1v) is 7.68. The molecular formula is C19H25N. The van der Waals surface area contributed by atoms with Crippen LogP contribution in [0.4, 0.5) is 0 Å². The lowest BCUT2D eigenvalue weighted by Crippen LogP contribution is -2.47. The summed E-state index contributed by atoms with van der Waals surface area (Å²) < 4.78 is 0. The molecule has 1 heteroatoms. The Morgan fingerprint density at radius 2 is 1.20 bits per heavy atom. The summed E-state index contributed by atoms with van der Waals surface area (Å²) >= 11 is 0. The molecular weight excluding hydrogens is 242 g/mol. The van der Waals surface area contributed by atoms with Crippen molar-refractivity contribution in [2.75, 3.05) is 13.1 Å². The van der Waals surface area contributed by atoms with Gasteiger partial charge in [-0.05, 0) is 17.0 Å². The summed E-state index contributed by atoms with van der Waals surface area (Å²) in [6.45, 7) is 8.73. The number of nitrogens with zero attached hydrogens (tertiary/aromatic N) is 1. The van der Waals surface area contributed by atoms with Gasteiger partial charge in [0.1, 0.15) is 0 Å². The molecule has 0 bridgehead atoms. The van der Waals surface area contributed by atoms with E-state index in [1.54, 1.807) is 0 Å². The van der Waals surface area contributed by atoms with E-state index < -0.39 is 0 Å². The van der Waals surface area contributed by atoms with Gasteiger partial charge in [0.25, 0.3) is 0 Å². The molecule has 1 heterocycles. The average Bonchev–Trinajstić information content (AvgIpc) is 2.50. The minimum absolute atomic E-state index is 0.420. The first-order chi connectivity index (χ1) is 9.84. The molecule has 1 nitrogen and oxygen atoms in total. The predicted octanol–water partition coefficient (Wildman–Crippen LogP) is 4.75. The van der Waals surface area contributed by atoms with E-state index in [2.05, 4.69) is 72.5 Å². The molecule has 1 fully saturated rings. The summed E-state index contributed by atoms with van der Waals surface area (Å²) in [5.41, 5.74) is 2.80. The van der Waals surface area contributed by atoms with Crippen LogP contribution in [0.5, 0.6) is 0 Å². The van der Waals surface area contributed by atoms with Crippen molar-refractivity contribution in [3.05, 3.63) is 71.8 Å². The summed E-state index contributed by atoms with van der Waals surface area (Å²) in [6.07, 6.45) is 0. The molecule has 0 aliphatic carbocycles. The summed E-state index contributed by atoms with van der Waals surface area (Å²) in [4.78, 5) is 2.56. The van der Waals surface area contributed by atoms with E-state index in [0.29, 0.717) is 6.04 Å². The Balaban J connectivity index is 0.000000704. The second-order valence-electron chi connectivity index (χ2n) is 5.28. The minimum Gasteiger partial charge on any atom is -0.292 e. The number of benzene rings is 2. The number of rotatable bonds is 3. The quantitative estimate of drug-likeness (QED) is 0.775.